The molecule has 0 spiro atoms. The number of aryl methyl sites for hydroxylation is 1. The summed E-state index contributed by atoms with van der Waals surface area (Å²) >= 11 is 0. The van der Waals surface area contributed by atoms with Gasteiger partial charge >= 0.3 is 0 Å². The third kappa shape index (κ3) is 3.79. The summed E-state index contributed by atoms with van der Waals surface area (Å²) in [5.74, 6) is -0.249. The predicted octanol–water partition coefficient (Wildman–Crippen LogP) is 1.41. The molecule has 0 bridgehead atoms. The Bertz CT molecular complexity index is 874. The van der Waals surface area contributed by atoms with Crippen molar-refractivity contribution in [1.29, 1.82) is 0 Å². The van der Waals surface area contributed by atoms with E-state index in [9.17, 15) is 13.2 Å². The van der Waals surface area contributed by atoms with Crippen molar-refractivity contribution >= 4 is 21.6 Å². The SMILES string of the molecule is Cc1ccc(NC(=O)[C@@H](C)n2ccnc2)cc1S(=O)(=O)N1CCOCC1. The predicted molar refractivity (Wildman–Crippen MR) is 96.3 cm³/mol. The van der Waals surface area contributed by atoms with Gasteiger partial charge in [-0.2, -0.15) is 4.31 Å². The monoisotopic (exact) mass is 378 g/mol. The number of anilines is 1. The number of aromatic nitrogens is 2. The molecule has 1 fully saturated rings. The maximum Gasteiger partial charge on any atom is 0.247 e. The molecule has 1 saturated heterocycles. The molecular weight excluding hydrogens is 356 g/mol. The largest absolute Gasteiger partial charge is 0.379 e. The van der Waals surface area contributed by atoms with Crippen LogP contribution in [0.1, 0.15) is 18.5 Å². The van der Waals surface area contributed by atoms with E-state index in [4.69, 9.17) is 4.74 Å². The van der Waals surface area contributed by atoms with Gasteiger partial charge < -0.3 is 14.6 Å². The molecule has 1 aromatic heterocycles. The summed E-state index contributed by atoms with van der Waals surface area (Å²) in [6.45, 7) is 4.92. The lowest BCUT2D eigenvalue weighted by atomic mass is 10.2. The first kappa shape index (κ1) is 18.6. The van der Waals surface area contributed by atoms with Gasteiger partial charge in [0.1, 0.15) is 6.04 Å². The highest BCUT2D eigenvalue weighted by Gasteiger charge is 2.28. The Morgan fingerprint density at radius 2 is 2.04 bits per heavy atom. The number of hydrogen-bond acceptors (Lipinski definition) is 5. The summed E-state index contributed by atoms with van der Waals surface area (Å²) in [5, 5.41) is 2.78. The Balaban J connectivity index is 1.82. The molecule has 9 heteroatoms. The second-order valence-corrected chi connectivity index (χ2v) is 8.08. The van der Waals surface area contributed by atoms with Crippen molar-refractivity contribution in [2.45, 2.75) is 24.8 Å². The van der Waals surface area contributed by atoms with Crippen LogP contribution in [0.25, 0.3) is 0 Å². The van der Waals surface area contributed by atoms with Gasteiger partial charge in [-0.15, -0.1) is 0 Å². The minimum Gasteiger partial charge on any atom is -0.379 e. The van der Waals surface area contributed by atoms with E-state index in [0.717, 1.165) is 0 Å². The lowest BCUT2D eigenvalue weighted by Gasteiger charge is -2.27. The van der Waals surface area contributed by atoms with E-state index in [1.54, 1.807) is 49.3 Å². The smallest absolute Gasteiger partial charge is 0.247 e. The van der Waals surface area contributed by atoms with Crippen LogP contribution in [0.3, 0.4) is 0 Å². The van der Waals surface area contributed by atoms with Gasteiger partial charge in [0, 0.05) is 31.2 Å². The first-order chi connectivity index (χ1) is 12.4. The Morgan fingerprint density at radius 3 is 2.69 bits per heavy atom. The average Bonchev–Trinajstić information content (AvgIpc) is 3.18. The molecule has 0 aliphatic carbocycles. The van der Waals surface area contributed by atoms with Crippen molar-refractivity contribution in [3.8, 4) is 0 Å². The van der Waals surface area contributed by atoms with Crippen LogP contribution in [-0.4, -0.2) is 54.5 Å². The molecular formula is C17H22N4O4S. The van der Waals surface area contributed by atoms with Gasteiger partial charge in [0.15, 0.2) is 0 Å². The molecule has 2 aromatic rings. The zero-order valence-electron chi connectivity index (χ0n) is 14.8. The van der Waals surface area contributed by atoms with Gasteiger partial charge in [-0.05, 0) is 31.5 Å². The summed E-state index contributed by atoms with van der Waals surface area (Å²) in [6, 6.07) is 4.45. The molecule has 0 radical (unpaired) electrons. The topological polar surface area (TPSA) is 93.5 Å². The normalized spacial score (nSPS) is 17.0. The summed E-state index contributed by atoms with van der Waals surface area (Å²) in [6.07, 6.45) is 4.87. The Morgan fingerprint density at radius 1 is 1.31 bits per heavy atom. The van der Waals surface area contributed by atoms with Crippen LogP contribution in [0.5, 0.6) is 0 Å². The van der Waals surface area contributed by atoms with Crippen molar-refractivity contribution in [3.63, 3.8) is 0 Å². The lowest BCUT2D eigenvalue weighted by Crippen LogP contribution is -2.40. The van der Waals surface area contributed by atoms with E-state index in [1.165, 1.54) is 10.4 Å². The summed E-state index contributed by atoms with van der Waals surface area (Å²) in [4.78, 5) is 16.6. The summed E-state index contributed by atoms with van der Waals surface area (Å²) in [7, 11) is -3.63. The zero-order chi connectivity index (χ0) is 18.7. The second-order valence-electron chi connectivity index (χ2n) is 6.17. The number of carbonyl (C=O) groups excluding carboxylic acids is 1. The van der Waals surface area contributed by atoms with Crippen LogP contribution in [0.2, 0.25) is 0 Å². The van der Waals surface area contributed by atoms with E-state index in [2.05, 4.69) is 10.3 Å². The first-order valence-electron chi connectivity index (χ1n) is 8.36. The molecule has 1 aliphatic rings. The number of nitrogens with zero attached hydrogens (tertiary/aromatic N) is 3. The van der Waals surface area contributed by atoms with Crippen LogP contribution < -0.4 is 5.32 Å². The molecule has 8 nitrogen and oxygen atoms in total. The van der Waals surface area contributed by atoms with Crippen molar-refractivity contribution in [2.75, 3.05) is 31.6 Å². The highest BCUT2D eigenvalue weighted by Crippen LogP contribution is 2.25. The number of nitrogens with one attached hydrogen (secondary N) is 1. The third-order valence-corrected chi connectivity index (χ3v) is 6.44. The molecule has 1 aliphatic heterocycles. The van der Waals surface area contributed by atoms with Gasteiger partial charge in [0.2, 0.25) is 15.9 Å². The van der Waals surface area contributed by atoms with E-state index in [1.807, 2.05) is 0 Å². The Labute approximate surface area is 152 Å². The molecule has 1 N–H and O–H groups in total. The number of sulfonamides is 1. The number of amides is 1. The second kappa shape index (κ2) is 7.56. The number of benzene rings is 1. The van der Waals surface area contributed by atoms with Crippen molar-refractivity contribution in [1.82, 2.24) is 13.9 Å². The van der Waals surface area contributed by atoms with Crippen molar-refractivity contribution in [3.05, 3.63) is 42.5 Å². The summed E-state index contributed by atoms with van der Waals surface area (Å²) < 4.78 is 34.1. The molecule has 2 heterocycles. The molecule has 0 unspecified atom stereocenters. The molecule has 1 atom stereocenters. The van der Waals surface area contributed by atoms with E-state index < -0.39 is 16.1 Å². The van der Waals surface area contributed by atoms with Gasteiger partial charge in [0.25, 0.3) is 0 Å². The van der Waals surface area contributed by atoms with Gasteiger partial charge in [-0.3, -0.25) is 4.79 Å². The Hall–Kier alpha value is -2.23. The molecule has 140 valence electrons. The quantitative estimate of drug-likeness (QED) is 0.849. The third-order valence-electron chi connectivity index (χ3n) is 4.40. The molecule has 1 amide bonds. The fraction of sp³-hybridized carbons (Fsp3) is 0.412. The number of ether oxygens (including phenoxy) is 1. The van der Waals surface area contributed by atoms with E-state index in [-0.39, 0.29) is 10.8 Å². The van der Waals surface area contributed by atoms with Crippen LogP contribution >= 0.6 is 0 Å². The number of rotatable bonds is 5. The number of morpholine rings is 1. The molecule has 1 aromatic carbocycles. The fourth-order valence-electron chi connectivity index (χ4n) is 2.76. The number of imidazole rings is 1. The van der Waals surface area contributed by atoms with Gasteiger partial charge in [-0.25, -0.2) is 13.4 Å². The maximum atomic E-state index is 12.9. The van der Waals surface area contributed by atoms with Gasteiger partial charge in [-0.1, -0.05) is 6.07 Å². The van der Waals surface area contributed by atoms with Crippen molar-refractivity contribution < 1.29 is 17.9 Å². The van der Waals surface area contributed by atoms with E-state index in [0.29, 0.717) is 37.6 Å². The molecule has 26 heavy (non-hydrogen) atoms. The Kier molecular flexibility index (Phi) is 5.40. The van der Waals surface area contributed by atoms with Crippen LogP contribution in [-0.2, 0) is 19.6 Å². The molecule has 0 saturated carbocycles. The van der Waals surface area contributed by atoms with E-state index >= 15 is 0 Å². The minimum absolute atomic E-state index is 0.201. The van der Waals surface area contributed by atoms with Crippen LogP contribution in [0.15, 0.2) is 41.8 Å². The highest BCUT2D eigenvalue weighted by atomic mass is 32.2. The fourth-order valence-corrected chi connectivity index (χ4v) is 4.42. The standard InChI is InChI=1S/C17H22N4O4S/c1-13-3-4-15(19-17(22)14(2)20-6-5-18-12-20)11-16(13)26(23,24)21-7-9-25-10-8-21/h3-6,11-12,14H,7-10H2,1-2H3,(H,19,22)/t14-/m1/s1. The molecule has 3 rings (SSSR count). The lowest BCUT2D eigenvalue weighted by molar-refractivity contribution is -0.118. The van der Waals surface area contributed by atoms with Crippen LogP contribution in [0.4, 0.5) is 5.69 Å². The maximum absolute atomic E-state index is 12.9. The number of hydrogen-bond donors (Lipinski definition) is 1. The minimum atomic E-state index is -3.63. The average molecular weight is 378 g/mol. The number of carbonyl (C=O) groups is 1. The zero-order valence-corrected chi connectivity index (χ0v) is 15.6. The summed E-state index contributed by atoms with van der Waals surface area (Å²) in [5.41, 5.74) is 1.08. The highest BCUT2D eigenvalue weighted by molar-refractivity contribution is 7.89. The first-order valence-corrected chi connectivity index (χ1v) is 9.80. The van der Waals surface area contributed by atoms with Gasteiger partial charge in [0.05, 0.1) is 24.4 Å². The van der Waals surface area contributed by atoms with Crippen LogP contribution in [0, 0.1) is 6.92 Å². The van der Waals surface area contributed by atoms with Crippen molar-refractivity contribution in [2.24, 2.45) is 0 Å².